The molecule has 1 aromatic rings. The van der Waals surface area contributed by atoms with E-state index < -0.39 is 5.97 Å². The van der Waals surface area contributed by atoms with E-state index >= 15 is 0 Å². The highest BCUT2D eigenvalue weighted by atomic mass is 16.5. The first-order chi connectivity index (χ1) is 9.74. The largest absolute Gasteiger partial charge is 0.494 e. The summed E-state index contributed by atoms with van der Waals surface area (Å²) < 4.78 is 5.57. The van der Waals surface area contributed by atoms with Gasteiger partial charge in [-0.2, -0.15) is 0 Å². The van der Waals surface area contributed by atoms with Gasteiger partial charge in [0.15, 0.2) is 0 Å². The van der Waals surface area contributed by atoms with Crippen molar-refractivity contribution in [3.63, 3.8) is 0 Å². The van der Waals surface area contributed by atoms with Gasteiger partial charge in [0.2, 0.25) is 0 Å². The van der Waals surface area contributed by atoms with Crippen LogP contribution in [0.15, 0.2) is 36.4 Å². The summed E-state index contributed by atoms with van der Waals surface area (Å²) in [6.07, 6.45) is 11.4. The molecule has 0 aliphatic heterocycles. The lowest BCUT2D eigenvalue weighted by Crippen LogP contribution is -1.99. The van der Waals surface area contributed by atoms with Crippen molar-refractivity contribution in [1.29, 1.82) is 0 Å². The number of hydrogen-bond acceptors (Lipinski definition) is 2. The number of carboxylic acids is 1. The van der Waals surface area contributed by atoms with Crippen molar-refractivity contribution in [1.82, 2.24) is 0 Å². The van der Waals surface area contributed by atoms with Crippen LogP contribution in [0.3, 0.4) is 0 Å². The second kappa shape index (κ2) is 10.1. The van der Waals surface area contributed by atoms with Crippen molar-refractivity contribution in [3.05, 3.63) is 42.0 Å². The average molecular weight is 276 g/mol. The zero-order valence-corrected chi connectivity index (χ0v) is 12.2. The Morgan fingerprint density at radius 1 is 1.10 bits per heavy atom. The van der Waals surface area contributed by atoms with Gasteiger partial charge in [-0.25, -0.2) is 4.79 Å². The molecule has 1 rings (SSSR count). The van der Waals surface area contributed by atoms with Gasteiger partial charge in [-0.3, -0.25) is 0 Å². The van der Waals surface area contributed by atoms with Crippen LogP contribution in [0.1, 0.15) is 55.8 Å². The van der Waals surface area contributed by atoms with Crippen LogP contribution in [-0.2, 0) is 0 Å². The summed E-state index contributed by atoms with van der Waals surface area (Å²) in [6.45, 7) is 2.88. The molecule has 0 fully saturated rings. The Balaban J connectivity index is 2.09. The zero-order chi connectivity index (χ0) is 14.6. The van der Waals surface area contributed by atoms with E-state index in [1.807, 2.05) is 0 Å². The fraction of sp³-hybridized carbons (Fsp3) is 0.471. The van der Waals surface area contributed by atoms with Crippen LogP contribution in [0.2, 0.25) is 0 Å². The highest BCUT2D eigenvalue weighted by molar-refractivity contribution is 5.87. The van der Waals surface area contributed by atoms with E-state index in [-0.39, 0.29) is 5.56 Å². The second-order valence-electron chi connectivity index (χ2n) is 4.79. The summed E-state index contributed by atoms with van der Waals surface area (Å²) in [4.78, 5) is 10.7. The second-order valence-corrected chi connectivity index (χ2v) is 4.79. The molecule has 0 heterocycles. The maximum absolute atomic E-state index is 10.7. The van der Waals surface area contributed by atoms with Gasteiger partial charge in [0, 0.05) is 0 Å². The number of hydrogen-bond donors (Lipinski definition) is 1. The van der Waals surface area contributed by atoms with Gasteiger partial charge < -0.3 is 9.84 Å². The first kappa shape index (κ1) is 16.3. The van der Waals surface area contributed by atoms with Crippen LogP contribution in [0.25, 0.3) is 0 Å². The summed E-state index contributed by atoms with van der Waals surface area (Å²) in [5.74, 6) is -0.181. The van der Waals surface area contributed by atoms with E-state index in [0.29, 0.717) is 6.61 Å². The van der Waals surface area contributed by atoms with Crippen molar-refractivity contribution < 1.29 is 14.6 Å². The molecule has 0 aromatic heterocycles. The smallest absolute Gasteiger partial charge is 0.335 e. The molecular formula is C17H24O3. The van der Waals surface area contributed by atoms with Gasteiger partial charge >= 0.3 is 5.97 Å². The standard InChI is InChI=1S/C17H24O3/c1-2-3-4-5-6-7-8-9-14-20-16-12-10-15(11-13-16)17(18)19/h5-6,10-13H,2-4,7-9,14H2,1H3,(H,18,19)/b6-5+. The molecule has 0 spiro atoms. The van der Waals surface area contributed by atoms with E-state index in [4.69, 9.17) is 9.84 Å². The molecule has 20 heavy (non-hydrogen) atoms. The van der Waals surface area contributed by atoms with Gasteiger partial charge in [-0.15, -0.1) is 0 Å². The van der Waals surface area contributed by atoms with Gasteiger partial charge in [0.1, 0.15) is 5.75 Å². The minimum Gasteiger partial charge on any atom is -0.494 e. The Kier molecular flexibility index (Phi) is 8.20. The highest BCUT2D eigenvalue weighted by Crippen LogP contribution is 2.13. The van der Waals surface area contributed by atoms with Crippen molar-refractivity contribution in [3.8, 4) is 5.75 Å². The number of ether oxygens (including phenoxy) is 1. The minimum atomic E-state index is -0.911. The fourth-order valence-electron chi connectivity index (χ4n) is 1.81. The molecule has 0 bridgehead atoms. The lowest BCUT2D eigenvalue weighted by molar-refractivity contribution is 0.0697. The van der Waals surface area contributed by atoms with Crippen molar-refractivity contribution in [2.24, 2.45) is 0 Å². The molecule has 0 aliphatic carbocycles. The van der Waals surface area contributed by atoms with E-state index in [1.165, 1.54) is 19.3 Å². The topological polar surface area (TPSA) is 46.5 Å². The number of benzene rings is 1. The lowest BCUT2D eigenvalue weighted by atomic mass is 10.2. The Hall–Kier alpha value is -1.77. The first-order valence-electron chi connectivity index (χ1n) is 7.35. The minimum absolute atomic E-state index is 0.287. The third kappa shape index (κ3) is 6.98. The summed E-state index contributed by atoms with van der Waals surface area (Å²) in [7, 11) is 0. The molecule has 3 heteroatoms. The Labute approximate surface area is 121 Å². The maximum Gasteiger partial charge on any atom is 0.335 e. The molecule has 3 nitrogen and oxygen atoms in total. The predicted molar refractivity (Wildman–Crippen MR) is 81.4 cm³/mol. The number of rotatable bonds is 10. The summed E-state index contributed by atoms with van der Waals surface area (Å²) in [5, 5.41) is 8.78. The lowest BCUT2D eigenvalue weighted by Gasteiger charge is -2.05. The quantitative estimate of drug-likeness (QED) is 0.498. The van der Waals surface area contributed by atoms with Crippen molar-refractivity contribution in [2.45, 2.75) is 45.4 Å². The molecule has 0 aliphatic rings. The Morgan fingerprint density at radius 2 is 1.75 bits per heavy atom. The molecule has 0 atom stereocenters. The number of carbonyl (C=O) groups is 1. The van der Waals surface area contributed by atoms with Crippen LogP contribution in [0.4, 0.5) is 0 Å². The SMILES string of the molecule is CCCC/C=C/CCCCOc1ccc(C(=O)O)cc1. The Morgan fingerprint density at radius 3 is 2.35 bits per heavy atom. The number of carboxylic acid groups (broad SMARTS) is 1. The van der Waals surface area contributed by atoms with Crippen LogP contribution in [0.5, 0.6) is 5.75 Å². The highest BCUT2D eigenvalue weighted by Gasteiger charge is 2.01. The molecule has 0 saturated carbocycles. The first-order valence-corrected chi connectivity index (χ1v) is 7.35. The van der Waals surface area contributed by atoms with E-state index in [1.54, 1.807) is 24.3 Å². The number of unbranched alkanes of at least 4 members (excludes halogenated alkanes) is 4. The van der Waals surface area contributed by atoms with Crippen LogP contribution < -0.4 is 4.74 Å². The molecule has 1 N–H and O–H groups in total. The summed E-state index contributed by atoms with van der Waals surface area (Å²) in [5.41, 5.74) is 0.287. The number of allylic oxidation sites excluding steroid dienone is 2. The maximum atomic E-state index is 10.7. The van der Waals surface area contributed by atoms with Gasteiger partial charge in [-0.1, -0.05) is 31.9 Å². The van der Waals surface area contributed by atoms with E-state index in [9.17, 15) is 4.79 Å². The normalized spacial score (nSPS) is 10.8. The molecule has 110 valence electrons. The predicted octanol–water partition coefficient (Wildman–Crippen LogP) is 4.68. The van der Waals surface area contributed by atoms with Gasteiger partial charge in [-0.05, 0) is 49.9 Å². The van der Waals surface area contributed by atoms with E-state index in [0.717, 1.165) is 25.0 Å². The fourth-order valence-corrected chi connectivity index (χ4v) is 1.81. The third-order valence-corrected chi connectivity index (χ3v) is 3.03. The molecular weight excluding hydrogens is 252 g/mol. The van der Waals surface area contributed by atoms with E-state index in [2.05, 4.69) is 19.1 Å². The van der Waals surface area contributed by atoms with Crippen LogP contribution >= 0.6 is 0 Å². The molecule has 1 aromatic carbocycles. The average Bonchev–Trinajstić information content (AvgIpc) is 2.46. The van der Waals surface area contributed by atoms with Crippen LogP contribution in [-0.4, -0.2) is 17.7 Å². The molecule has 0 unspecified atom stereocenters. The van der Waals surface area contributed by atoms with Gasteiger partial charge in [0.05, 0.1) is 12.2 Å². The third-order valence-electron chi connectivity index (χ3n) is 3.03. The summed E-state index contributed by atoms with van der Waals surface area (Å²) in [6, 6.07) is 6.53. The van der Waals surface area contributed by atoms with Crippen molar-refractivity contribution in [2.75, 3.05) is 6.61 Å². The number of aromatic carboxylic acids is 1. The summed E-state index contributed by atoms with van der Waals surface area (Å²) >= 11 is 0. The molecule has 0 radical (unpaired) electrons. The zero-order valence-electron chi connectivity index (χ0n) is 12.2. The van der Waals surface area contributed by atoms with Crippen LogP contribution in [0, 0.1) is 0 Å². The monoisotopic (exact) mass is 276 g/mol. The molecule has 0 amide bonds. The Bertz CT molecular complexity index is 407. The molecule has 0 saturated heterocycles. The van der Waals surface area contributed by atoms with Crippen molar-refractivity contribution >= 4 is 5.97 Å². The van der Waals surface area contributed by atoms with Gasteiger partial charge in [0.25, 0.3) is 0 Å².